The Bertz CT molecular complexity index is 445. The Kier molecular flexibility index (Phi) is 2.88. The molecule has 0 aliphatic rings. The van der Waals surface area contributed by atoms with E-state index < -0.39 is 0 Å². The van der Waals surface area contributed by atoms with Gasteiger partial charge >= 0.3 is 0 Å². The highest BCUT2D eigenvalue weighted by atomic mass is 79.9. The lowest BCUT2D eigenvalue weighted by molar-refractivity contribution is 1.13. The van der Waals surface area contributed by atoms with Crippen LogP contribution in [-0.4, -0.2) is 15.0 Å². The molecule has 0 unspecified atom stereocenters. The SMILES string of the molecule is Brc1cnc(Br)c(-c2cccnc2)n1. The van der Waals surface area contributed by atoms with Gasteiger partial charge in [-0.1, -0.05) is 0 Å². The summed E-state index contributed by atoms with van der Waals surface area (Å²) in [7, 11) is 0. The van der Waals surface area contributed by atoms with Crippen LogP contribution >= 0.6 is 31.9 Å². The maximum Gasteiger partial charge on any atom is 0.132 e. The van der Waals surface area contributed by atoms with E-state index in [1.807, 2.05) is 12.1 Å². The molecule has 0 spiro atoms. The molecule has 0 saturated carbocycles. The van der Waals surface area contributed by atoms with Gasteiger partial charge < -0.3 is 0 Å². The van der Waals surface area contributed by atoms with Gasteiger partial charge in [-0.25, -0.2) is 9.97 Å². The van der Waals surface area contributed by atoms with Crippen molar-refractivity contribution >= 4 is 31.9 Å². The third-order valence-electron chi connectivity index (χ3n) is 1.63. The van der Waals surface area contributed by atoms with Gasteiger partial charge in [0.05, 0.1) is 6.20 Å². The lowest BCUT2D eigenvalue weighted by Gasteiger charge is -2.02. The van der Waals surface area contributed by atoms with Crippen LogP contribution in [0.25, 0.3) is 11.3 Å². The maximum absolute atomic E-state index is 4.31. The van der Waals surface area contributed by atoms with E-state index in [0.29, 0.717) is 9.21 Å². The minimum atomic E-state index is 0.708. The van der Waals surface area contributed by atoms with Crippen LogP contribution in [0.2, 0.25) is 0 Å². The average Bonchev–Trinajstić information content (AvgIpc) is 2.23. The first kappa shape index (κ1) is 9.73. The summed E-state index contributed by atoms with van der Waals surface area (Å²) in [6.07, 6.45) is 5.12. The number of rotatable bonds is 1. The average molecular weight is 315 g/mol. The summed E-state index contributed by atoms with van der Waals surface area (Å²) in [5.41, 5.74) is 1.72. The first-order chi connectivity index (χ1) is 6.77. The summed E-state index contributed by atoms with van der Waals surface area (Å²) in [5.74, 6) is 0. The fraction of sp³-hybridized carbons (Fsp3) is 0. The Morgan fingerprint density at radius 2 is 2.00 bits per heavy atom. The molecule has 3 nitrogen and oxygen atoms in total. The molecule has 14 heavy (non-hydrogen) atoms. The third-order valence-corrected chi connectivity index (χ3v) is 2.60. The van der Waals surface area contributed by atoms with Gasteiger partial charge in [0.15, 0.2) is 0 Å². The van der Waals surface area contributed by atoms with Gasteiger partial charge in [-0.15, -0.1) is 0 Å². The third kappa shape index (κ3) is 1.99. The van der Waals surface area contributed by atoms with Crippen LogP contribution < -0.4 is 0 Å². The van der Waals surface area contributed by atoms with Crippen molar-refractivity contribution in [3.05, 3.63) is 39.9 Å². The van der Waals surface area contributed by atoms with E-state index in [0.717, 1.165) is 11.3 Å². The normalized spacial score (nSPS) is 10.1. The fourth-order valence-corrected chi connectivity index (χ4v) is 1.74. The number of nitrogens with zero attached hydrogens (tertiary/aromatic N) is 3. The van der Waals surface area contributed by atoms with Crippen LogP contribution in [0.5, 0.6) is 0 Å². The van der Waals surface area contributed by atoms with E-state index in [2.05, 4.69) is 46.8 Å². The van der Waals surface area contributed by atoms with Crippen molar-refractivity contribution in [2.75, 3.05) is 0 Å². The van der Waals surface area contributed by atoms with Gasteiger partial charge in [0.25, 0.3) is 0 Å². The maximum atomic E-state index is 4.31. The Labute approximate surface area is 97.9 Å². The number of aromatic nitrogens is 3. The van der Waals surface area contributed by atoms with Crippen molar-refractivity contribution in [1.29, 1.82) is 0 Å². The van der Waals surface area contributed by atoms with Crippen molar-refractivity contribution in [2.45, 2.75) is 0 Å². The van der Waals surface area contributed by atoms with E-state index in [1.165, 1.54) is 0 Å². The summed E-state index contributed by atoms with van der Waals surface area (Å²) in [6, 6.07) is 3.80. The molecular formula is C9H5Br2N3. The van der Waals surface area contributed by atoms with E-state index in [4.69, 9.17) is 0 Å². The zero-order valence-corrected chi connectivity index (χ0v) is 10.2. The second kappa shape index (κ2) is 4.14. The molecule has 0 radical (unpaired) electrons. The number of hydrogen-bond donors (Lipinski definition) is 0. The number of hydrogen-bond acceptors (Lipinski definition) is 3. The van der Waals surface area contributed by atoms with E-state index in [9.17, 15) is 0 Å². The molecule has 0 aliphatic heterocycles. The minimum absolute atomic E-state index is 0.708. The molecule has 2 heterocycles. The van der Waals surface area contributed by atoms with Gasteiger partial charge in [0.2, 0.25) is 0 Å². The van der Waals surface area contributed by atoms with Crippen LogP contribution in [-0.2, 0) is 0 Å². The number of pyridine rings is 1. The molecule has 0 aromatic carbocycles. The number of halogens is 2. The largest absolute Gasteiger partial charge is 0.264 e. The molecule has 0 bridgehead atoms. The summed E-state index contributed by atoms with van der Waals surface area (Å²) >= 11 is 6.62. The van der Waals surface area contributed by atoms with Gasteiger partial charge in [0, 0.05) is 18.0 Å². The predicted molar refractivity (Wildman–Crippen MR) is 60.7 cm³/mol. The van der Waals surface area contributed by atoms with Crippen molar-refractivity contribution in [2.24, 2.45) is 0 Å². The molecule has 2 aromatic rings. The monoisotopic (exact) mass is 313 g/mol. The van der Waals surface area contributed by atoms with Gasteiger partial charge in [0.1, 0.15) is 14.9 Å². The lowest BCUT2D eigenvalue weighted by atomic mass is 10.2. The highest BCUT2D eigenvalue weighted by Gasteiger charge is 2.06. The van der Waals surface area contributed by atoms with Crippen LogP contribution in [0.3, 0.4) is 0 Å². The highest BCUT2D eigenvalue weighted by Crippen LogP contribution is 2.24. The second-order valence-electron chi connectivity index (χ2n) is 2.57. The Hall–Kier alpha value is -0.810. The Balaban J connectivity index is 2.57. The topological polar surface area (TPSA) is 38.7 Å². The predicted octanol–water partition coefficient (Wildman–Crippen LogP) is 3.06. The zero-order valence-electron chi connectivity index (χ0n) is 6.98. The van der Waals surface area contributed by atoms with Crippen LogP contribution in [0, 0.1) is 0 Å². The van der Waals surface area contributed by atoms with Gasteiger partial charge in [-0.05, 0) is 44.0 Å². The standard InChI is InChI=1S/C9H5Br2N3/c10-7-5-13-9(11)8(14-7)6-2-1-3-12-4-6/h1-5H. The molecule has 2 rings (SSSR count). The molecule has 0 atom stereocenters. The fourth-order valence-electron chi connectivity index (χ4n) is 1.04. The van der Waals surface area contributed by atoms with Gasteiger partial charge in [-0.3, -0.25) is 4.98 Å². The van der Waals surface area contributed by atoms with Crippen LogP contribution in [0.1, 0.15) is 0 Å². The van der Waals surface area contributed by atoms with Crippen molar-refractivity contribution in [1.82, 2.24) is 15.0 Å². The van der Waals surface area contributed by atoms with E-state index >= 15 is 0 Å². The summed E-state index contributed by atoms with van der Waals surface area (Å²) in [5, 5.41) is 0. The van der Waals surface area contributed by atoms with Crippen molar-refractivity contribution in [3.63, 3.8) is 0 Å². The van der Waals surface area contributed by atoms with Gasteiger partial charge in [-0.2, -0.15) is 0 Å². The molecule has 0 amide bonds. The summed E-state index contributed by atoms with van der Waals surface area (Å²) < 4.78 is 1.42. The highest BCUT2D eigenvalue weighted by molar-refractivity contribution is 9.11. The summed E-state index contributed by atoms with van der Waals surface area (Å²) in [4.78, 5) is 12.5. The van der Waals surface area contributed by atoms with Crippen LogP contribution in [0.4, 0.5) is 0 Å². The van der Waals surface area contributed by atoms with E-state index in [1.54, 1.807) is 18.6 Å². The molecule has 70 valence electrons. The molecule has 0 N–H and O–H groups in total. The molecule has 0 fully saturated rings. The van der Waals surface area contributed by atoms with Crippen LogP contribution in [0.15, 0.2) is 39.9 Å². The smallest absolute Gasteiger partial charge is 0.132 e. The van der Waals surface area contributed by atoms with Crippen molar-refractivity contribution in [3.8, 4) is 11.3 Å². The van der Waals surface area contributed by atoms with E-state index in [-0.39, 0.29) is 0 Å². The quantitative estimate of drug-likeness (QED) is 0.812. The molecular weight excluding hydrogens is 310 g/mol. The van der Waals surface area contributed by atoms with Crippen molar-refractivity contribution < 1.29 is 0 Å². The summed E-state index contributed by atoms with van der Waals surface area (Å²) in [6.45, 7) is 0. The Morgan fingerprint density at radius 1 is 1.14 bits per heavy atom. The Morgan fingerprint density at radius 3 is 2.71 bits per heavy atom. The molecule has 5 heteroatoms. The first-order valence-corrected chi connectivity index (χ1v) is 5.44. The molecule has 2 aromatic heterocycles. The minimum Gasteiger partial charge on any atom is -0.264 e. The molecule has 0 aliphatic carbocycles. The zero-order chi connectivity index (χ0) is 9.97. The first-order valence-electron chi connectivity index (χ1n) is 3.86. The molecule has 0 saturated heterocycles. The second-order valence-corrected chi connectivity index (χ2v) is 4.14. The lowest BCUT2D eigenvalue weighted by Crippen LogP contribution is -1.89.